The predicted octanol–water partition coefficient (Wildman–Crippen LogP) is 2.82. The highest BCUT2D eigenvalue weighted by molar-refractivity contribution is 7.17. The molecule has 1 aromatic rings. The maximum Gasteiger partial charge on any atom is 0.393 e. The number of nitrogens with zero attached hydrogens (tertiary/aromatic N) is 2. The summed E-state index contributed by atoms with van der Waals surface area (Å²) in [6.07, 6.45) is -3.88. The lowest BCUT2D eigenvalue weighted by atomic mass is 9.98. The van der Waals surface area contributed by atoms with E-state index in [1.165, 1.54) is 11.8 Å². The van der Waals surface area contributed by atoms with Gasteiger partial charge < -0.3 is 10.0 Å². The van der Waals surface area contributed by atoms with Gasteiger partial charge in [-0.15, -0.1) is 0 Å². The standard InChI is InChI=1S/C12H13F3N2O3S/c1-6(18)9-8(10(19)20)16-11(21-9)17-4-2-3-7(5-17)12(13,14)15/h7H,2-5H2,1H3,(H,19,20). The monoisotopic (exact) mass is 322 g/mol. The molecule has 9 heteroatoms. The van der Waals surface area contributed by atoms with Crippen molar-refractivity contribution in [3.63, 3.8) is 0 Å². The molecule has 2 rings (SSSR count). The first-order valence-corrected chi connectivity index (χ1v) is 7.08. The number of carboxylic acid groups (broad SMARTS) is 1. The number of aromatic nitrogens is 1. The summed E-state index contributed by atoms with van der Waals surface area (Å²) in [5.41, 5.74) is -0.392. The van der Waals surface area contributed by atoms with Gasteiger partial charge in [-0.2, -0.15) is 13.2 Å². The molecule has 1 atom stereocenters. The van der Waals surface area contributed by atoms with E-state index in [0.29, 0.717) is 13.0 Å². The number of ketones is 1. The number of alkyl halides is 3. The highest BCUT2D eigenvalue weighted by Gasteiger charge is 2.42. The number of Topliss-reactive ketones (excluding diaryl/α,β-unsaturated/α-hetero) is 1. The Labute approximate surface area is 122 Å². The van der Waals surface area contributed by atoms with Gasteiger partial charge in [-0.05, 0) is 12.8 Å². The number of aromatic carboxylic acids is 1. The lowest BCUT2D eigenvalue weighted by molar-refractivity contribution is -0.176. The summed E-state index contributed by atoms with van der Waals surface area (Å²) in [5, 5.41) is 9.16. The summed E-state index contributed by atoms with van der Waals surface area (Å²) in [7, 11) is 0. The van der Waals surface area contributed by atoms with Crippen LogP contribution in [0.5, 0.6) is 0 Å². The third-order valence-electron chi connectivity index (χ3n) is 3.29. The zero-order valence-corrected chi connectivity index (χ0v) is 11.9. The van der Waals surface area contributed by atoms with Gasteiger partial charge in [0.25, 0.3) is 0 Å². The summed E-state index contributed by atoms with van der Waals surface area (Å²) in [5.74, 6) is -3.27. The lowest BCUT2D eigenvalue weighted by Gasteiger charge is -2.33. The molecule has 1 N–H and O–H groups in total. The number of hydrogen-bond acceptors (Lipinski definition) is 5. The van der Waals surface area contributed by atoms with Crippen molar-refractivity contribution in [2.24, 2.45) is 5.92 Å². The zero-order valence-electron chi connectivity index (χ0n) is 11.1. The predicted molar refractivity (Wildman–Crippen MR) is 70.1 cm³/mol. The molecule has 0 bridgehead atoms. The molecule has 1 saturated heterocycles. The van der Waals surface area contributed by atoms with Gasteiger partial charge in [-0.25, -0.2) is 9.78 Å². The Bertz CT molecular complexity index is 539. The molecule has 0 radical (unpaired) electrons. The number of piperidine rings is 1. The Morgan fingerprint density at radius 3 is 2.57 bits per heavy atom. The molecule has 1 unspecified atom stereocenters. The van der Waals surface area contributed by atoms with Crippen LogP contribution >= 0.6 is 11.3 Å². The van der Waals surface area contributed by atoms with Gasteiger partial charge in [-0.3, -0.25) is 4.79 Å². The smallest absolute Gasteiger partial charge is 0.393 e. The molecule has 0 amide bonds. The molecule has 0 spiro atoms. The van der Waals surface area contributed by atoms with Gasteiger partial charge in [0, 0.05) is 20.0 Å². The first-order valence-electron chi connectivity index (χ1n) is 6.27. The van der Waals surface area contributed by atoms with Crippen molar-refractivity contribution in [3.05, 3.63) is 10.6 Å². The van der Waals surface area contributed by atoms with Crippen LogP contribution in [0.2, 0.25) is 0 Å². The zero-order chi connectivity index (χ0) is 15.8. The van der Waals surface area contributed by atoms with E-state index in [2.05, 4.69) is 4.98 Å². The molecule has 1 aromatic heterocycles. The van der Waals surface area contributed by atoms with Crippen molar-refractivity contribution in [2.45, 2.75) is 25.9 Å². The van der Waals surface area contributed by atoms with Crippen molar-refractivity contribution >= 4 is 28.2 Å². The molecular formula is C12H13F3N2O3S. The fourth-order valence-corrected chi connectivity index (χ4v) is 3.23. The summed E-state index contributed by atoms with van der Waals surface area (Å²) in [6.45, 7) is 1.32. The molecule has 0 aromatic carbocycles. The first-order chi connectivity index (χ1) is 9.70. The third kappa shape index (κ3) is 3.34. The number of halogens is 3. The van der Waals surface area contributed by atoms with E-state index in [-0.39, 0.29) is 23.0 Å². The molecule has 0 saturated carbocycles. The second-order valence-electron chi connectivity index (χ2n) is 4.86. The SMILES string of the molecule is CC(=O)c1sc(N2CCCC(C(F)(F)F)C2)nc1C(=O)O. The number of carbonyl (C=O) groups excluding carboxylic acids is 1. The third-order valence-corrected chi connectivity index (χ3v) is 4.51. The van der Waals surface area contributed by atoms with Crippen LogP contribution < -0.4 is 4.90 Å². The van der Waals surface area contributed by atoms with Crippen LogP contribution in [0.4, 0.5) is 18.3 Å². The Morgan fingerprint density at radius 1 is 1.43 bits per heavy atom. The fraction of sp³-hybridized carbons (Fsp3) is 0.583. The van der Waals surface area contributed by atoms with Crippen LogP contribution in [-0.4, -0.2) is 41.1 Å². The molecule has 1 aliphatic rings. The highest BCUT2D eigenvalue weighted by Crippen LogP contribution is 2.36. The fourth-order valence-electron chi connectivity index (χ4n) is 2.25. The number of rotatable bonds is 3. The quantitative estimate of drug-likeness (QED) is 0.867. The molecular weight excluding hydrogens is 309 g/mol. The summed E-state index contributed by atoms with van der Waals surface area (Å²) in [4.78, 5) is 27.6. The minimum absolute atomic E-state index is 0.0355. The molecule has 2 heterocycles. The van der Waals surface area contributed by atoms with Gasteiger partial charge in [0.05, 0.1) is 5.92 Å². The van der Waals surface area contributed by atoms with E-state index >= 15 is 0 Å². The minimum Gasteiger partial charge on any atom is -0.476 e. The molecule has 5 nitrogen and oxygen atoms in total. The van der Waals surface area contributed by atoms with Crippen LogP contribution in [0.1, 0.15) is 39.9 Å². The van der Waals surface area contributed by atoms with Crippen molar-refractivity contribution in [3.8, 4) is 0 Å². The normalized spacial score (nSPS) is 19.6. The number of hydrogen-bond donors (Lipinski definition) is 1. The number of carboxylic acids is 1. The summed E-state index contributed by atoms with van der Waals surface area (Å²) in [6, 6.07) is 0. The van der Waals surface area contributed by atoms with Crippen molar-refractivity contribution in [1.82, 2.24) is 4.98 Å². The van der Waals surface area contributed by atoms with Crippen LogP contribution in [0, 0.1) is 5.92 Å². The van der Waals surface area contributed by atoms with E-state index in [9.17, 15) is 22.8 Å². The Morgan fingerprint density at radius 2 is 2.10 bits per heavy atom. The van der Waals surface area contributed by atoms with Crippen LogP contribution in [0.15, 0.2) is 0 Å². The van der Waals surface area contributed by atoms with Crippen LogP contribution in [-0.2, 0) is 0 Å². The van der Waals surface area contributed by atoms with Crippen molar-refractivity contribution in [2.75, 3.05) is 18.0 Å². The Kier molecular flexibility index (Phi) is 4.22. The van der Waals surface area contributed by atoms with E-state index in [0.717, 1.165) is 11.3 Å². The van der Waals surface area contributed by atoms with Crippen LogP contribution in [0.25, 0.3) is 0 Å². The van der Waals surface area contributed by atoms with E-state index in [1.54, 1.807) is 0 Å². The maximum absolute atomic E-state index is 12.8. The van der Waals surface area contributed by atoms with Crippen LogP contribution in [0.3, 0.4) is 0 Å². The second kappa shape index (κ2) is 5.63. The molecule has 21 heavy (non-hydrogen) atoms. The summed E-state index contributed by atoms with van der Waals surface area (Å²) >= 11 is 0.832. The molecule has 1 aliphatic heterocycles. The molecule has 116 valence electrons. The number of thiazole rings is 1. The second-order valence-corrected chi connectivity index (χ2v) is 5.84. The minimum atomic E-state index is -4.28. The van der Waals surface area contributed by atoms with Gasteiger partial charge in [-0.1, -0.05) is 11.3 Å². The van der Waals surface area contributed by atoms with E-state index in [4.69, 9.17) is 5.11 Å². The van der Waals surface area contributed by atoms with E-state index in [1.807, 2.05) is 0 Å². The molecule has 1 fully saturated rings. The number of carbonyl (C=O) groups is 2. The number of anilines is 1. The maximum atomic E-state index is 12.8. The van der Waals surface area contributed by atoms with Gasteiger partial charge in [0.15, 0.2) is 16.6 Å². The Hall–Kier alpha value is -1.64. The average Bonchev–Trinajstić information content (AvgIpc) is 2.83. The average molecular weight is 322 g/mol. The molecule has 0 aliphatic carbocycles. The topological polar surface area (TPSA) is 70.5 Å². The van der Waals surface area contributed by atoms with Crippen molar-refractivity contribution in [1.29, 1.82) is 0 Å². The first kappa shape index (κ1) is 15.7. The largest absolute Gasteiger partial charge is 0.476 e. The van der Waals surface area contributed by atoms with Gasteiger partial charge in [0.1, 0.15) is 4.88 Å². The van der Waals surface area contributed by atoms with E-state index < -0.39 is 29.5 Å². The summed E-state index contributed by atoms with van der Waals surface area (Å²) < 4.78 is 38.3. The van der Waals surface area contributed by atoms with Gasteiger partial charge in [0.2, 0.25) is 0 Å². The van der Waals surface area contributed by atoms with Crippen molar-refractivity contribution < 1.29 is 27.9 Å². The highest BCUT2D eigenvalue weighted by atomic mass is 32.1. The van der Waals surface area contributed by atoms with Gasteiger partial charge >= 0.3 is 12.1 Å². The Balaban J connectivity index is 2.28. The lowest BCUT2D eigenvalue weighted by Crippen LogP contribution is -2.41.